The Bertz CT molecular complexity index is 333. The van der Waals surface area contributed by atoms with Crippen LogP contribution in [-0.4, -0.2) is 45.1 Å². The minimum Gasteiger partial charge on any atom is -0.378 e. The van der Waals surface area contributed by atoms with E-state index < -0.39 is 10.2 Å². The SMILES string of the molecule is O=S(=O)(NCCCC[C@H]1CCCO1)N1CCCC1. The Morgan fingerprint density at radius 3 is 2.61 bits per heavy atom. The van der Waals surface area contributed by atoms with Gasteiger partial charge in [0.1, 0.15) is 0 Å². The molecule has 2 rings (SSSR count). The first-order valence-electron chi connectivity index (χ1n) is 7.05. The van der Waals surface area contributed by atoms with Crippen LogP contribution in [-0.2, 0) is 14.9 Å². The second kappa shape index (κ2) is 6.84. The average Bonchev–Trinajstić information content (AvgIpc) is 3.02. The van der Waals surface area contributed by atoms with Crippen molar-refractivity contribution in [2.24, 2.45) is 0 Å². The zero-order chi connectivity index (χ0) is 12.8. The van der Waals surface area contributed by atoms with Crippen LogP contribution in [0.15, 0.2) is 0 Å². The molecular weight excluding hydrogens is 252 g/mol. The van der Waals surface area contributed by atoms with E-state index >= 15 is 0 Å². The lowest BCUT2D eigenvalue weighted by atomic mass is 10.1. The number of nitrogens with one attached hydrogen (secondary N) is 1. The number of rotatable bonds is 7. The molecule has 0 aliphatic carbocycles. The number of hydrogen-bond donors (Lipinski definition) is 1. The van der Waals surface area contributed by atoms with Crippen LogP contribution < -0.4 is 4.72 Å². The van der Waals surface area contributed by atoms with Gasteiger partial charge in [-0.3, -0.25) is 0 Å². The van der Waals surface area contributed by atoms with E-state index in [0.717, 1.165) is 38.7 Å². The molecule has 0 amide bonds. The second-order valence-electron chi connectivity index (χ2n) is 5.14. The highest BCUT2D eigenvalue weighted by molar-refractivity contribution is 7.87. The van der Waals surface area contributed by atoms with E-state index in [-0.39, 0.29) is 0 Å². The molecule has 0 aromatic carbocycles. The molecule has 106 valence electrons. The van der Waals surface area contributed by atoms with E-state index in [0.29, 0.717) is 25.7 Å². The summed E-state index contributed by atoms with van der Waals surface area (Å²) in [6, 6.07) is 0. The van der Waals surface area contributed by atoms with Gasteiger partial charge in [-0.25, -0.2) is 4.72 Å². The third-order valence-electron chi connectivity index (χ3n) is 3.67. The lowest BCUT2D eigenvalue weighted by Crippen LogP contribution is -2.39. The largest absolute Gasteiger partial charge is 0.378 e. The highest BCUT2D eigenvalue weighted by Crippen LogP contribution is 2.17. The van der Waals surface area contributed by atoms with Gasteiger partial charge in [-0.1, -0.05) is 0 Å². The number of unbranched alkanes of at least 4 members (excludes halogenated alkanes) is 1. The monoisotopic (exact) mass is 276 g/mol. The first-order chi connectivity index (χ1) is 8.68. The van der Waals surface area contributed by atoms with Crippen LogP contribution >= 0.6 is 0 Å². The predicted molar refractivity (Wildman–Crippen MR) is 70.6 cm³/mol. The molecule has 1 atom stereocenters. The summed E-state index contributed by atoms with van der Waals surface area (Å²) in [4.78, 5) is 0. The fraction of sp³-hybridized carbons (Fsp3) is 1.00. The van der Waals surface area contributed by atoms with Gasteiger partial charge in [0.15, 0.2) is 0 Å². The van der Waals surface area contributed by atoms with Gasteiger partial charge in [0.25, 0.3) is 10.2 Å². The third kappa shape index (κ3) is 4.19. The fourth-order valence-electron chi connectivity index (χ4n) is 2.59. The van der Waals surface area contributed by atoms with Crippen molar-refractivity contribution in [3.05, 3.63) is 0 Å². The standard InChI is InChI=1S/C12H24N2O3S/c15-18(16,14-9-3-4-10-14)13-8-2-1-6-12-7-5-11-17-12/h12-13H,1-11H2/t12-/m0/s1. The number of nitrogens with zero attached hydrogens (tertiary/aromatic N) is 1. The molecule has 2 fully saturated rings. The van der Waals surface area contributed by atoms with Gasteiger partial charge in [0, 0.05) is 26.2 Å². The van der Waals surface area contributed by atoms with Crippen molar-refractivity contribution in [3.63, 3.8) is 0 Å². The smallest absolute Gasteiger partial charge is 0.279 e. The molecule has 6 heteroatoms. The zero-order valence-corrected chi connectivity index (χ0v) is 11.8. The van der Waals surface area contributed by atoms with Crippen LogP contribution in [0, 0.1) is 0 Å². The maximum Gasteiger partial charge on any atom is 0.279 e. The van der Waals surface area contributed by atoms with Crippen molar-refractivity contribution < 1.29 is 13.2 Å². The minimum atomic E-state index is -3.21. The van der Waals surface area contributed by atoms with E-state index in [4.69, 9.17) is 4.74 Å². The first-order valence-corrected chi connectivity index (χ1v) is 8.49. The Balaban J connectivity index is 1.56. The molecule has 1 N–H and O–H groups in total. The van der Waals surface area contributed by atoms with E-state index in [9.17, 15) is 8.42 Å². The van der Waals surface area contributed by atoms with E-state index in [1.807, 2.05) is 0 Å². The summed E-state index contributed by atoms with van der Waals surface area (Å²) >= 11 is 0. The van der Waals surface area contributed by atoms with Crippen molar-refractivity contribution in [2.45, 2.75) is 51.0 Å². The van der Waals surface area contributed by atoms with Crippen molar-refractivity contribution in [1.82, 2.24) is 9.03 Å². The van der Waals surface area contributed by atoms with Crippen molar-refractivity contribution in [2.75, 3.05) is 26.2 Å². The van der Waals surface area contributed by atoms with Gasteiger partial charge in [0.05, 0.1) is 6.10 Å². The third-order valence-corrected chi connectivity index (χ3v) is 5.28. The van der Waals surface area contributed by atoms with Crippen LogP contribution in [0.5, 0.6) is 0 Å². The number of ether oxygens (including phenoxy) is 1. The molecule has 0 unspecified atom stereocenters. The van der Waals surface area contributed by atoms with Crippen LogP contribution in [0.2, 0.25) is 0 Å². The Morgan fingerprint density at radius 1 is 1.17 bits per heavy atom. The lowest BCUT2D eigenvalue weighted by molar-refractivity contribution is 0.102. The quantitative estimate of drug-likeness (QED) is 0.712. The maximum absolute atomic E-state index is 11.8. The predicted octanol–water partition coefficient (Wildman–Crippen LogP) is 1.27. The molecule has 0 aromatic rings. The van der Waals surface area contributed by atoms with Crippen LogP contribution in [0.1, 0.15) is 44.9 Å². The summed E-state index contributed by atoms with van der Waals surface area (Å²) < 4.78 is 33.5. The molecule has 0 spiro atoms. The topological polar surface area (TPSA) is 58.6 Å². The lowest BCUT2D eigenvalue weighted by Gasteiger charge is -2.16. The Hall–Kier alpha value is -0.170. The first kappa shape index (κ1) is 14.2. The number of hydrogen-bond acceptors (Lipinski definition) is 3. The fourth-order valence-corrected chi connectivity index (χ4v) is 3.91. The summed E-state index contributed by atoms with van der Waals surface area (Å²) in [5.74, 6) is 0. The normalized spacial score (nSPS) is 25.9. The maximum atomic E-state index is 11.8. The molecule has 2 saturated heterocycles. The molecule has 0 radical (unpaired) electrons. The highest BCUT2D eigenvalue weighted by atomic mass is 32.2. The molecular formula is C12H24N2O3S. The van der Waals surface area contributed by atoms with Gasteiger partial charge in [-0.2, -0.15) is 12.7 Å². The van der Waals surface area contributed by atoms with Crippen molar-refractivity contribution in [1.29, 1.82) is 0 Å². The highest BCUT2D eigenvalue weighted by Gasteiger charge is 2.24. The average molecular weight is 276 g/mol. The Kier molecular flexibility index (Phi) is 5.41. The van der Waals surface area contributed by atoms with Crippen LogP contribution in [0.25, 0.3) is 0 Å². The summed E-state index contributed by atoms with van der Waals surface area (Å²) in [6.45, 7) is 2.79. The Labute approximate surface area is 110 Å². The van der Waals surface area contributed by atoms with Gasteiger partial charge in [-0.15, -0.1) is 0 Å². The van der Waals surface area contributed by atoms with Gasteiger partial charge in [0.2, 0.25) is 0 Å². The van der Waals surface area contributed by atoms with Gasteiger partial charge >= 0.3 is 0 Å². The molecule has 0 saturated carbocycles. The summed E-state index contributed by atoms with van der Waals surface area (Å²) in [6.07, 6.45) is 7.72. The zero-order valence-electron chi connectivity index (χ0n) is 10.9. The molecule has 5 nitrogen and oxygen atoms in total. The van der Waals surface area contributed by atoms with E-state index in [1.54, 1.807) is 4.31 Å². The summed E-state index contributed by atoms with van der Waals surface area (Å²) in [5, 5.41) is 0. The van der Waals surface area contributed by atoms with E-state index in [2.05, 4.69) is 4.72 Å². The molecule has 2 aliphatic rings. The minimum absolute atomic E-state index is 0.417. The van der Waals surface area contributed by atoms with Crippen molar-refractivity contribution >= 4 is 10.2 Å². The van der Waals surface area contributed by atoms with Crippen molar-refractivity contribution in [3.8, 4) is 0 Å². The van der Waals surface area contributed by atoms with Crippen LogP contribution in [0.3, 0.4) is 0 Å². The van der Waals surface area contributed by atoms with Gasteiger partial charge in [-0.05, 0) is 44.9 Å². The summed E-state index contributed by atoms with van der Waals surface area (Å²) in [5.41, 5.74) is 0. The second-order valence-corrected chi connectivity index (χ2v) is 6.89. The van der Waals surface area contributed by atoms with E-state index in [1.165, 1.54) is 12.8 Å². The molecule has 2 aliphatic heterocycles. The Morgan fingerprint density at radius 2 is 1.94 bits per heavy atom. The molecule has 0 bridgehead atoms. The molecule has 0 aromatic heterocycles. The summed E-state index contributed by atoms with van der Waals surface area (Å²) in [7, 11) is -3.21. The molecule has 2 heterocycles. The molecule has 18 heavy (non-hydrogen) atoms. The van der Waals surface area contributed by atoms with Crippen LogP contribution in [0.4, 0.5) is 0 Å². The van der Waals surface area contributed by atoms with Gasteiger partial charge < -0.3 is 4.74 Å².